The van der Waals surface area contributed by atoms with Gasteiger partial charge >= 0.3 is 0 Å². The fraction of sp³-hybridized carbons (Fsp3) is 0.400. The van der Waals surface area contributed by atoms with Crippen molar-refractivity contribution >= 4 is 15.9 Å². The number of hydrogen-bond acceptors (Lipinski definition) is 1. The van der Waals surface area contributed by atoms with Crippen molar-refractivity contribution in [3.63, 3.8) is 0 Å². The van der Waals surface area contributed by atoms with Gasteiger partial charge in [0.05, 0.1) is 6.10 Å². The molecule has 0 aliphatic rings. The van der Waals surface area contributed by atoms with E-state index in [0.29, 0.717) is 0 Å². The Morgan fingerprint density at radius 2 is 2.17 bits per heavy atom. The summed E-state index contributed by atoms with van der Waals surface area (Å²) in [5.41, 5.74) is 2.15. The molecule has 12 heavy (non-hydrogen) atoms. The molecule has 2 heteroatoms. The maximum atomic E-state index is 9.66. The van der Waals surface area contributed by atoms with E-state index < -0.39 is 0 Å². The van der Waals surface area contributed by atoms with E-state index in [9.17, 15) is 5.11 Å². The summed E-state index contributed by atoms with van der Waals surface area (Å²) in [5.74, 6) is 0. The molecule has 1 atom stereocenters. The predicted molar refractivity (Wildman–Crippen MR) is 54.1 cm³/mol. The molecule has 0 saturated carbocycles. The Balaban J connectivity index is 3.12. The van der Waals surface area contributed by atoms with Gasteiger partial charge in [-0.25, -0.2) is 0 Å². The van der Waals surface area contributed by atoms with Gasteiger partial charge in [-0.3, -0.25) is 0 Å². The smallest absolute Gasteiger partial charge is 0.0800 e. The number of aliphatic hydroxyl groups excluding tert-OH is 1. The van der Waals surface area contributed by atoms with E-state index in [-0.39, 0.29) is 6.10 Å². The van der Waals surface area contributed by atoms with Gasteiger partial charge in [-0.15, -0.1) is 0 Å². The number of aryl methyl sites for hydroxylation is 1. The highest BCUT2D eigenvalue weighted by atomic mass is 79.9. The zero-order valence-corrected chi connectivity index (χ0v) is 8.93. The molecule has 0 amide bonds. The van der Waals surface area contributed by atoms with E-state index in [1.807, 2.05) is 32.0 Å². The number of halogens is 1. The first-order valence-corrected chi connectivity index (χ1v) is 4.89. The number of benzene rings is 1. The van der Waals surface area contributed by atoms with Crippen LogP contribution in [0.2, 0.25) is 0 Å². The number of aliphatic hydroxyl groups is 1. The average Bonchev–Trinajstić information content (AvgIpc) is 2.03. The lowest BCUT2D eigenvalue weighted by molar-refractivity contribution is 0.172. The lowest BCUT2D eigenvalue weighted by Crippen LogP contribution is -1.99. The van der Waals surface area contributed by atoms with Gasteiger partial charge in [0.25, 0.3) is 0 Å². The predicted octanol–water partition coefficient (Wildman–Crippen LogP) is 3.20. The molecule has 66 valence electrons. The second-order valence-electron chi connectivity index (χ2n) is 2.89. The van der Waals surface area contributed by atoms with E-state index >= 15 is 0 Å². The molecule has 0 aliphatic carbocycles. The molecule has 1 unspecified atom stereocenters. The van der Waals surface area contributed by atoms with Gasteiger partial charge in [0.1, 0.15) is 0 Å². The second-order valence-corrected chi connectivity index (χ2v) is 3.75. The first-order chi connectivity index (χ1) is 5.66. The molecule has 0 heterocycles. The average molecular weight is 229 g/mol. The van der Waals surface area contributed by atoms with Crippen molar-refractivity contribution < 1.29 is 5.11 Å². The van der Waals surface area contributed by atoms with Crippen molar-refractivity contribution in [2.24, 2.45) is 0 Å². The van der Waals surface area contributed by atoms with Crippen LogP contribution in [0.3, 0.4) is 0 Å². The number of hydrogen-bond donors (Lipinski definition) is 1. The minimum Gasteiger partial charge on any atom is -0.388 e. The zero-order valence-electron chi connectivity index (χ0n) is 7.34. The van der Waals surface area contributed by atoms with Crippen LogP contribution in [-0.2, 0) is 0 Å². The zero-order chi connectivity index (χ0) is 9.14. The third kappa shape index (κ3) is 1.87. The molecule has 0 aromatic heterocycles. The Morgan fingerprint density at radius 1 is 1.50 bits per heavy atom. The lowest BCUT2D eigenvalue weighted by Gasteiger charge is -2.13. The molecule has 1 rings (SSSR count). The molecule has 1 N–H and O–H groups in total. The highest BCUT2D eigenvalue weighted by molar-refractivity contribution is 9.10. The SMILES string of the molecule is CCC(O)c1c(C)cccc1Br. The van der Waals surface area contributed by atoms with Gasteiger partial charge in [0.2, 0.25) is 0 Å². The Bertz CT molecular complexity index is 250. The van der Waals surface area contributed by atoms with Crippen LogP contribution < -0.4 is 0 Å². The van der Waals surface area contributed by atoms with Gasteiger partial charge in [0, 0.05) is 4.47 Å². The standard InChI is InChI=1S/C10H13BrO/c1-3-9(12)10-7(2)5-4-6-8(10)11/h4-6,9,12H,3H2,1-2H3. The van der Waals surface area contributed by atoms with E-state index in [0.717, 1.165) is 22.0 Å². The maximum absolute atomic E-state index is 9.66. The van der Waals surface area contributed by atoms with Gasteiger partial charge < -0.3 is 5.11 Å². The van der Waals surface area contributed by atoms with Crippen molar-refractivity contribution in [1.29, 1.82) is 0 Å². The van der Waals surface area contributed by atoms with E-state index in [2.05, 4.69) is 15.9 Å². The van der Waals surface area contributed by atoms with Crippen molar-refractivity contribution in [2.75, 3.05) is 0 Å². The Kier molecular flexibility index (Phi) is 3.29. The third-order valence-corrected chi connectivity index (χ3v) is 2.68. The van der Waals surface area contributed by atoms with Crippen molar-refractivity contribution in [2.45, 2.75) is 26.4 Å². The molecule has 0 saturated heterocycles. The molecule has 0 bridgehead atoms. The van der Waals surface area contributed by atoms with Gasteiger partial charge in [0.15, 0.2) is 0 Å². The van der Waals surface area contributed by atoms with Crippen LogP contribution in [0.25, 0.3) is 0 Å². The fourth-order valence-corrected chi connectivity index (χ4v) is 2.00. The molecule has 1 aromatic carbocycles. The van der Waals surface area contributed by atoms with Crippen LogP contribution in [0.5, 0.6) is 0 Å². The Morgan fingerprint density at radius 3 is 2.67 bits per heavy atom. The van der Waals surface area contributed by atoms with Crippen LogP contribution in [0.15, 0.2) is 22.7 Å². The first kappa shape index (κ1) is 9.75. The highest BCUT2D eigenvalue weighted by Crippen LogP contribution is 2.28. The van der Waals surface area contributed by atoms with E-state index in [4.69, 9.17) is 0 Å². The molecular weight excluding hydrogens is 216 g/mol. The third-order valence-electron chi connectivity index (χ3n) is 1.99. The van der Waals surface area contributed by atoms with Gasteiger partial charge in [-0.05, 0) is 30.5 Å². The molecule has 0 aliphatic heterocycles. The molecular formula is C10H13BrO. The van der Waals surface area contributed by atoms with E-state index in [1.165, 1.54) is 0 Å². The van der Waals surface area contributed by atoms with E-state index in [1.54, 1.807) is 0 Å². The Labute approximate surface area is 81.6 Å². The monoisotopic (exact) mass is 228 g/mol. The van der Waals surface area contributed by atoms with Crippen LogP contribution in [0, 0.1) is 6.92 Å². The van der Waals surface area contributed by atoms with Crippen LogP contribution in [-0.4, -0.2) is 5.11 Å². The summed E-state index contributed by atoms with van der Waals surface area (Å²) in [5, 5.41) is 9.66. The minimum atomic E-state index is -0.347. The normalized spacial score (nSPS) is 13.0. The molecule has 0 spiro atoms. The molecule has 1 nitrogen and oxygen atoms in total. The van der Waals surface area contributed by atoms with Crippen molar-refractivity contribution in [3.05, 3.63) is 33.8 Å². The van der Waals surface area contributed by atoms with Gasteiger partial charge in [-0.2, -0.15) is 0 Å². The summed E-state index contributed by atoms with van der Waals surface area (Å²) in [4.78, 5) is 0. The topological polar surface area (TPSA) is 20.2 Å². The summed E-state index contributed by atoms with van der Waals surface area (Å²) >= 11 is 3.43. The summed E-state index contributed by atoms with van der Waals surface area (Å²) < 4.78 is 0.997. The summed E-state index contributed by atoms with van der Waals surface area (Å²) in [6, 6.07) is 5.95. The summed E-state index contributed by atoms with van der Waals surface area (Å²) in [7, 11) is 0. The minimum absolute atomic E-state index is 0.347. The first-order valence-electron chi connectivity index (χ1n) is 4.10. The maximum Gasteiger partial charge on any atom is 0.0800 e. The van der Waals surface area contributed by atoms with Crippen molar-refractivity contribution in [1.82, 2.24) is 0 Å². The molecule has 0 radical (unpaired) electrons. The van der Waals surface area contributed by atoms with Crippen LogP contribution in [0.1, 0.15) is 30.6 Å². The number of rotatable bonds is 2. The second kappa shape index (κ2) is 4.06. The van der Waals surface area contributed by atoms with Gasteiger partial charge in [-0.1, -0.05) is 35.0 Å². The lowest BCUT2D eigenvalue weighted by atomic mass is 10.0. The Hall–Kier alpha value is -0.340. The molecule has 0 fully saturated rings. The summed E-state index contributed by atoms with van der Waals surface area (Å²) in [6.45, 7) is 3.99. The largest absolute Gasteiger partial charge is 0.388 e. The van der Waals surface area contributed by atoms with Crippen LogP contribution in [0.4, 0.5) is 0 Å². The van der Waals surface area contributed by atoms with Crippen LogP contribution >= 0.6 is 15.9 Å². The fourth-order valence-electron chi connectivity index (χ4n) is 1.27. The highest BCUT2D eigenvalue weighted by Gasteiger charge is 2.10. The molecule has 1 aromatic rings. The summed E-state index contributed by atoms with van der Waals surface area (Å²) in [6.07, 6.45) is 0.407. The quantitative estimate of drug-likeness (QED) is 0.825. The van der Waals surface area contributed by atoms with Crippen molar-refractivity contribution in [3.8, 4) is 0 Å².